The predicted octanol–water partition coefficient (Wildman–Crippen LogP) is 0.374. The van der Waals surface area contributed by atoms with E-state index in [4.69, 9.17) is 0 Å². The molecule has 0 saturated carbocycles. The van der Waals surface area contributed by atoms with E-state index in [9.17, 15) is 8.42 Å². The third-order valence-electron chi connectivity index (χ3n) is 4.15. The van der Waals surface area contributed by atoms with Crippen LogP contribution in [0.3, 0.4) is 0 Å². The first-order valence-corrected chi connectivity index (χ1v) is 8.68. The van der Waals surface area contributed by atoms with Crippen molar-refractivity contribution in [1.29, 1.82) is 0 Å². The van der Waals surface area contributed by atoms with Gasteiger partial charge in [-0.25, -0.2) is 12.7 Å². The molecule has 114 valence electrons. The maximum Gasteiger partial charge on any atom is 0.211 e. The molecule has 2 aliphatic rings. The zero-order chi connectivity index (χ0) is 13.2. The number of sulfonamides is 1. The number of hydrogen-bond acceptors (Lipinski definition) is 4. The van der Waals surface area contributed by atoms with Gasteiger partial charge in [-0.2, -0.15) is 0 Å². The van der Waals surface area contributed by atoms with E-state index < -0.39 is 10.0 Å². The van der Waals surface area contributed by atoms with Crippen LogP contribution in [0.2, 0.25) is 0 Å². The van der Waals surface area contributed by atoms with Gasteiger partial charge in [-0.05, 0) is 38.8 Å². The number of nitrogens with one attached hydrogen (secondary N) is 1. The fraction of sp³-hybridized carbons (Fsp3) is 1.00. The maximum atomic E-state index is 11.6. The molecule has 2 atom stereocenters. The van der Waals surface area contributed by atoms with Crippen molar-refractivity contribution in [3.05, 3.63) is 0 Å². The Morgan fingerprint density at radius 3 is 2.53 bits per heavy atom. The average molecular weight is 312 g/mol. The van der Waals surface area contributed by atoms with E-state index in [1.807, 2.05) is 7.05 Å². The Labute approximate surface area is 123 Å². The van der Waals surface area contributed by atoms with Gasteiger partial charge in [0.05, 0.1) is 6.26 Å². The topological polar surface area (TPSA) is 52.6 Å². The average Bonchev–Trinajstić information content (AvgIpc) is 2.76. The quantitative estimate of drug-likeness (QED) is 0.815. The zero-order valence-electron chi connectivity index (χ0n) is 11.8. The molecule has 0 amide bonds. The minimum absolute atomic E-state index is 0. The highest BCUT2D eigenvalue weighted by atomic mass is 35.5. The van der Waals surface area contributed by atoms with Crippen LogP contribution < -0.4 is 5.32 Å². The van der Waals surface area contributed by atoms with Gasteiger partial charge in [-0.15, -0.1) is 12.4 Å². The minimum atomic E-state index is -3.01. The minimum Gasteiger partial charge on any atom is -0.316 e. The lowest BCUT2D eigenvalue weighted by Crippen LogP contribution is -2.43. The van der Waals surface area contributed by atoms with Crippen LogP contribution in [-0.4, -0.2) is 69.7 Å². The van der Waals surface area contributed by atoms with Crippen molar-refractivity contribution in [2.75, 3.05) is 46.0 Å². The fourth-order valence-corrected chi connectivity index (χ4v) is 4.02. The van der Waals surface area contributed by atoms with Crippen LogP contribution in [-0.2, 0) is 10.0 Å². The number of piperidine rings is 1. The first-order valence-electron chi connectivity index (χ1n) is 6.84. The first-order chi connectivity index (χ1) is 8.49. The number of hydrogen-bond donors (Lipinski definition) is 1. The summed E-state index contributed by atoms with van der Waals surface area (Å²) in [5.41, 5.74) is 0. The smallest absolute Gasteiger partial charge is 0.211 e. The molecule has 0 spiro atoms. The molecular weight excluding hydrogens is 286 g/mol. The summed E-state index contributed by atoms with van der Waals surface area (Å²) < 4.78 is 24.8. The molecule has 5 nitrogen and oxygen atoms in total. The summed E-state index contributed by atoms with van der Waals surface area (Å²) in [7, 11) is -0.991. The summed E-state index contributed by atoms with van der Waals surface area (Å²) in [6, 6.07) is 0.611. The van der Waals surface area contributed by atoms with Crippen molar-refractivity contribution in [3.63, 3.8) is 0 Å². The van der Waals surface area contributed by atoms with Crippen LogP contribution in [0, 0.1) is 5.92 Å². The molecule has 2 aliphatic heterocycles. The van der Waals surface area contributed by atoms with E-state index in [-0.39, 0.29) is 12.4 Å². The second-order valence-electron chi connectivity index (χ2n) is 5.66. The molecule has 0 aromatic rings. The van der Waals surface area contributed by atoms with Crippen LogP contribution >= 0.6 is 12.4 Å². The second-order valence-corrected chi connectivity index (χ2v) is 7.65. The summed E-state index contributed by atoms with van der Waals surface area (Å²) in [4.78, 5) is 2.47. The Balaban J connectivity index is 0.00000180. The lowest BCUT2D eigenvalue weighted by Gasteiger charge is -2.33. The zero-order valence-corrected chi connectivity index (χ0v) is 13.5. The molecule has 19 heavy (non-hydrogen) atoms. The van der Waals surface area contributed by atoms with Crippen LogP contribution in [0.4, 0.5) is 0 Å². The fourth-order valence-electron chi connectivity index (χ4n) is 3.08. The summed E-state index contributed by atoms with van der Waals surface area (Å²) in [5, 5.41) is 3.32. The largest absolute Gasteiger partial charge is 0.316 e. The molecule has 2 fully saturated rings. The summed E-state index contributed by atoms with van der Waals surface area (Å²) >= 11 is 0. The highest BCUT2D eigenvalue weighted by Crippen LogP contribution is 2.21. The Hall–Kier alpha value is 0.120. The Morgan fingerprint density at radius 2 is 1.95 bits per heavy atom. The SMILES string of the molecule is CNC1CCN(CC2CCCN(S(C)(=O)=O)C2)C1.Cl. The molecule has 2 saturated heterocycles. The van der Waals surface area contributed by atoms with Gasteiger partial charge in [0.2, 0.25) is 10.0 Å². The van der Waals surface area contributed by atoms with Gasteiger partial charge in [-0.1, -0.05) is 0 Å². The molecule has 0 aromatic carbocycles. The Kier molecular flexibility index (Phi) is 6.53. The maximum absolute atomic E-state index is 11.6. The van der Waals surface area contributed by atoms with Gasteiger partial charge in [0.25, 0.3) is 0 Å². The molecule has 0 aromatic heterocycles. The highest BCUT2D eigenvalue weighted by Gasteiger charge is 2.29. The van der Waals surface area contributed by atoms with Crippen molar-refractivity contribution in [2.24, 2.45) is 5.92 Å². The number of rotatable bonds is 4. The van der Waals surface area contributed by atoms with E-state index in [0.29, 0.717) is 25.0 Å². The molecule has 0 aliphatic carbocycles. The predicted molar refractivity (Wildman–Crippen MR) is 80.3 cm³/mol. The molecule has 0 bridgehead atoms. The normalized spacial score (nSPS) is 30.2. The first kappa shape index (κ1) is 17.2. The molecule has 0 radical (unpaired) electrons. The van der Waals surface area contributed by atoms with E-state index in [1.165, 1.54) is 12.7 Å². The number of halogens is 1. The van der Waals surface area contributed by atoms with Crippen molar-refractivity contribution >= 4 is 22.4 Å². The standard InChI is InChI=1S/C12H25N3O2S.ClH/c1-13-12-5-7-14(10-12)8-11-4-3-6-15(9-11)18(2,16)17;/h11-13H,3-10H2,1-2H3;1H. The lowest BCUT2D eigenvalue weighted by atomic mass is 9.99. The molecule has 2 heterocycles. The molecule has 1 N–H and O–H groups in total. The van der Waals surface area contributed by atoms with Crippen molar-refractivity contribution in [3.8, 4) is 0 Å². The Morgan fingerprint density at radius 1 is 1.21 bits per heavy atom. The van der Waals surface area contributed by atoms with E-state index in [1.54, 1.807) is 4.31 Å². The monoisotopic (exact) mass is 311 g/mol. The lowest BCUT2D eigenvalue weighted by molar-refractivity contribution is 0.198. The molecule has 7 heteroatoms. The Bertz CT molecular complexity index is 377. The van der Waals surface area contributed by atoms with Crippen LogP contribution in [0.1, 0.15) is 19.3 Å². The van der Waals surface area contributed by atoms with E-state index in [0.717, 1.165) is 32.5 Å². The van der Waals surface area contributed by atoms with E-state index in [2.05, 4.69) is 10.2 Å². The van der Waals surface area contributed by atoms with Crippen molar-refractivity contribution in [1.82, 2.24) is 14.5 Å². The summed E-state index contributed by atoms with van der Waals surface area (Å²) in [5.74, 6) is 0.504. The number of nitrogens with zero attached hydrogens (tertiary/aromatic N) is 2. The van der Waals surface area contributed by atoms with Gasteiger partial charge >= 0.3 is 0 Å². The molecule has 2 unspecified atom stereocenters. The van der Waals surface area contributed by atoms with E-state index >= 15 is 0 Å². The number of likely N-dealkylation sites (tertiary alicyclic amines) is 1. The van der Waals surface area contributed by atoms with Crippen molar-refractivity contribution < 1.29 is 8.42 Å². The highest BCUT2D eigenvalue weighted by molar-refractivity contribution is 7.88. The van der Waals surface area contributed by atoms with Crippen LogP contribution in [0.5, 0.6) is 0 Å². The molecule has 2 rings (SSSR count). The van der Waals surface area contributed by atoms with Gasteiger partial charge in [0.15, 0.2) is 0 Å². The third kappa shape index (κ3) is 4.86. The van der Waals surface area contributed by atoms with Gasteiger partial charge in [0, 0.05) is 32.2 Å². The summed E-state index contributed by atoms with van der Waals surface area (Å²) in [6.07, 6.45) is 4.69. The van der Waals surface area contributed by atoms with Gasteiger partial charge in [0.1, 0.15) is 0 Å². The van der Waals surface area contributed by atoms with Crippen LogP contribution in [0.15, 0.2) is 0 Å². The van der Waals surface area contributed by atoms with Crippen LogP contribution in [0.25, 0.3) is 0 Å². The second kappa shape index (κ2) is 7.22. The van der Waals surface area contributed by atoms with Crippen molar-refractivity contribution in [2.45, 2.75) is 25.3 Å². The van der Waals surface area contributed by atoms with Gasteiger partial charge in [-0.3, -0.25) is 0 Å². The third-order valence-corrected chi connectivity index (χ3v) is 5.42. The number of likely N-dealkylation sites (N-methyl/N-ethyl adjacent to an activating group) is 1. The van der Waals surface area contributed by atoms with Gasteiger partial charge < -0.3 is 10.2 Å². The summed E-state index contributed by atoms with van der Waals surface area (Å²) in [6.45, 7) is 4.70. The molecular formula is C12H26ClN3O2S.